The van der Waals surface area contributed by atoms with Crippen molar-refractivity contribution in [2.45, 2.75) is 39.3 Å². The lowest BCUT2D eigenvalue weighted by molar-refractivity contribution is -0.384. The predicted molar refractivity (Wildman–Crippen MR) is 105 cm³/mol. The minimum atomic E-state index is -0.384. The molecule has 2 aromatic heterocycles. The molecular formula is C21H22N4O3. The Morgan fingerprint density at radius 1 is 1.25 bits per heavy atom. The molecule has 0 bridgehead atoms. The average Bonchev–Trinajstić information content (AvgIpc) is 3.15. The maximum absolute atomic E-state index is 11.2. The summed E-state index contributed by atoms with van der Waals surface area (Å²) in [4.78, 5) is 22.3. The maximum atomic E-state index is 11.2. The molecule has 0 atom stereocenters. The van der Waals surface area contributed by atoms with Gasteiger partial charge in [-0.25, -0.2) is 9.97 Å². The van der Waals surface area contributed by atoms with Crippen molar-refractivity contribution in [1.82, 2.24) is 14.9 Å². The molecule has 0 saturated heterocycles. The Bertz CT molecular complexity index is 1010. The molecule has 0 radical (unpaired) electrons. The van der Waals surface area contributed by atoms with Crippen LogP contribution < -0.4 is 0 Å². The van der Waals surface area contributed by atoms with E-state index in [-0.39, 0.29) is 10.6 Å². The summed E-state index contributed by atoms with van der Waals surface area (Å²) < 4.78 is 5.92. The number of aromatic nitrogens is 2. The van der Waals surface area contributed by atoms with E-state index in [1.54, 1.807) is 24.3 Å². The SMILES string of the molecule is CC(C)c1ncc2c(n1)CCN(Cc1ccc(-c3ccccc3[N+](=O)[O-])o1)C2. The first-order valence-corrected chi connectivity index (χ1v) is 9.41. The minimum absolute atomic E-state index is 0.0494. The third-order valence-electron chi connectivity index (χ3n) is 4.96. The fraction of sp³-hybridized carbons (Fsp3) is 0.333. The highest BCUT2D eigenvalue weighted by molar-refractivity contribution is 5.69. The maximum Gasteiger partial charge on any atom is 0.280 e. The van der Waals surface area contributed by atoms with Gasteiger partial charge in [0.05, 0.1) is 17.0 Å². The molecule has 144 valence electrons. The summed E-state index contributed by atoms with van der Waals surface area (Å²) in [6, 6.07) is 10.3. The smallest absolute Gasteiger partial charge is 0.280 e. The van der Waals surface area contributed by atoms with Crippen LogP contribution in [0.1, 0.15) is 42.6 Å². The highest BCUT2D eigenvalue weighted by Gasteiger charge is 2.21. The van der Waals surface area contributed by atoms with Crippen molar-refractivity contribution in [3.05, 3.63) is 75.6 Å². The molecule has 1 aliphatic heterocycles. The van der Waals surface area contributed by atoms with E-state index in [2.05, 4.69) is 23.7 Å². The van der Waals surface area contributed by atoms with Gasteiger partial charge < -0.3 is 4.42 Å². The molecule has 0 spiro atoms. The number of benzene rings is 1. The van der Waals surface area contributed by atoms with Crippen LogP contribution >= 0.6 is 0 Å². The Morgan fingerprint density at radius 2 is 2.07 bits per heavy atom. The fourth-order valence-electron chi connectivity index (χ4n) is 3.47. The molecule has 0 fully saturated rings. The topological polar surface area (TPSA) is 85.3 Å². The molecule has 1 aromatic carbocycles. The molecule has 28 heavy (non-hydrogen) atoms. The van der Waals surface area contributed by atoms with Gasteiger partial charge in [-0.2, -0.15) is 0 Å². The molecule has 1 aliphatic rings. The summed E-state index contributed by atoms with van der Waals surface area (Å²) in [7, 11) is 0. The van der Waals surface area contributed by atoms with E-state index < -0.39 is 0 Å². The molecule has 0 saturated carbocycles. The second-order valence-electron chi connectivity index (χ2n) is 7.36. The largest absolute Gasteiger partial charge is 0.459 e. The molecule has 7 heteroatoms. The van der Waals surface area contributed by atoms with Crippen LogP contribution in [0.2, 0.25) is 0 Å². The van der Waals surface area contributed by atoms with Gasteiger partial charge >= 0.3 is 0 Å². The van der Waals surface area contributed by atoms with Crippen molar-refractivity contribution >= 4 is 5.69 Å². The summed E-state index contributed by atoms with van der Waals surface area (Å²) in [6.45, 7) is 6.51. The lowest BCUT2D eigenvalue weighted by atomic mass is 10.1. The number of fused-ring (bicyclic) bond motifs is 1. The lowest BCUT2D eigenvalue weighted by Gasteiger charge is -2.27. The summed E-state index contributed by atoms with van der Waals surface area (Å²) in [6.07, 6.45) is 2.82. The van der Waals surface area contributed by atoms with Crippen LogP contribution in [0.5, 0.6) is 0 Å². The minimum Gasteiger partial charge on any atom is -0.459 e. The van der Waals surface area contributed by atoms with E-state index in [1.165, 1.54) is 6.07 Å². The zero-order chi connectivity index (χ0) is 19.7. The summed E-state index contributed by atoms with van der Waals surface area (Å²) in [5, 5.41) is 11.2. The molecule has 0 aliphatic carbocycles. The van der Waals surface area contributed by atoms with E-state index in [0.29, 0.717) is 23.8 Å². The summed E-state index contributed by atoms with van der Waals surface area (Å²) in [5.41, 5.74) is 2.84. The van der Waals surface area contributed by atoms with Crippen molar-refractivity contribution in [2.24, 2.45) is 0 Å². The van der Waals surface area contributed by atoms with Crippen LogP contribution in [0.3, 0.4) is 0 Å². The Balaban J connectivity index is 1.49. The van der Waals surface area contributed by atoms with E-state index >= 15 is 0 Å². The zero-order valence-electron chi connectivity index (χ0n) is 16.0. The Morgan fingerprint density at radius 3 is 2.86 bits per heavy atom. The number of hydrogen-bond donors (Lipinski definition) is 0. The Hall–Kier alpha value is -3.06. The Labute approximate surface area is 163 Å². The molecule has 0 N–H and O–H groups in total. The van der Waals surface area contributed by atoms with E-state index in [0.717, 1.165) is 42.4 Å². The van der Waals surface area contributed by atoms with Crippen molar-refractivity contribution in [3.63, 3.8) is 0 Å². The zero-order valence-corrected chi connectivity index (χ0v) is 16.0. The van der Waals surface area contributed by atoms with Gasteiger partial charge in [-0.05, 0) is 18.2 Å². The van der Waals surface area contributed by atoms with Crippen molar-refractivity contribution in [3.8, 4) is 11.3 Å². The van der Waals surface area contributed by atoms with E-state index in [4.69, 9.17) is 9.40 Å². The number of rotatable bonds is 5. The van der Waals surface area contributed by atoms with Crippen LogP contribution in [0.15, 0.2) is 47.0 Å². The highest BCUT2D eigenvalue weighted by atomic mass is 16.6. The standard InChI is InChI=1S/C21H22N4O3/c1-14(2)21-22-11-15-12-24(10-9-18(15)23-21)13-16-7-8-20(28-16)17-5-3-4-6-19(17)25(26)27/h3-8,11,14H,9-10,12-13H2,1-2H3. The first-order chi connectivity index (χ1) is 13.5. The summed E-state index contributed by atoms with van der Waals surface area (Å²) in [5.74, 6) is 2.53. The monoisotopic (exact) mass is 378 g/mol. The van der Waals surface area contributed by atoms with Crippen LogP contribution in [-0.4, -0.2) is 26.3 Å². The molecule has 0 unspecified atom stereocenters. The number of furan rings is 1. The van der Waals surface area contributed by atoms with Crippen molar-refractivity contribution in [2.75, 3.05) is 6.54 Å². The van der Waals surface area contributed by atoms with Crippen molar-refractivity contribution < 1.29 is 9.34 Å². The van der Waals surface area contributed by atoms with Crippen molar-refractivity contribution in [1.29, 1.82) is 0 Å². The second kappa shape index (κ2) is 7.52. The number of para-hydroxylation sites is 1. The molecule has 7 nitrogen and oxygen atoms in total. The normalized spacial score (nSPS) is 14.2. The first-order valence-electron chi connectivity index (χ1n) is 9.41. The quantitative estimate of drug-likeness (QED) is 0.485. The number of nitro benzene ring substituents is 1. The van der Waals surface area contributed by atoms with Crippen LogP contribution in [0, 0.1) is 10.1 Å². The predicted octanol–water partition coefficient (Wildman–Crippen LogP) is 4.33. The van der Waals surface area contributed by atoms with Crippen LogP contribution in [0.4, 0.5) is 5.69 Å². The van der Waals surface area contributed by atoms with Gasteiger partial charge in [0.1, 0.15) is 17.3 Å². The average molecular weight is 378 g/mol. The van der Waals surface area contributed by atoms with Gasteiger partial charge in [0.2, 0.25) is 0 Å². The van der Waals surface area contributed by atoms with Gasteiger partial charge in [-0.3, -0.25) is 15.0 Å². The van der Waals surface area contributed by atoms with Gasteiger partial charge in [-0.1, -0.05) is 26.0 Å². The molecular weight excluding hydrogens is 356 g/mol. The number of nitrogens with zero attached hydrogens (tertiary/aromatic N) is 4. The van der Waals surface area contributed by atoms with Gasteiger partial charge in [0.15, 0.2) is 0 Å². The molecule has 4 rings (SSSR count). The fourth-order valence-corrected chi connectivity index (χ4v) is 3.47. The molecule has 3 heterocycles. The van der Waals surface area contributed by atoms with Gasteiger partial charge in [-0.15, -0.1) is 0 Å². The Kier molecular flexibility index (Phi) is 4.92. The van der Waals surface area contributed by atoms with Crippen LogP contribution in [0.25, 0.3) is 11.3 Å². The van der Waals surface area contributed by atoms with Crippen LogP contribution in [-0.2, 0) is 19.5 Å². The van der Waals surface area contributed by atoms with E-state index in [1.807, 2.05) is 12.3 Å². The van der Waals surface area contributed by atoms with Gasteiger partial charge in [0.25, 0.3) is 5.69 Å². The number of hydrogen-bond acceptors (Lipinski definition) is 6. The first kappa shape index (κ1) is 18.3. The second-order valence-corrected chi connectivity index (χ2v) is 7.36. The number of nitro groups is 1. The lowest BCUT2D eigenvalue weighted by Crippen LogP contribution is -2.31. The summed E-state index contributed by atoms with van der Waals surface area (Å²) >= 11 is 0. The van der Waals surface area contributed by atoms with Gasteiger partial charge in [0, 0.05) is 48.9 Å². The third kappa shape index (κ3) is 3.66. The molecule has 0 amide bonds. The van der Waals surface area contributed by atoms with E-state index in [9.17, 15) is 10.1 Å². The molecule has 3 aromatic rings. The highest BCUT2D eigenvalue weighted by Crippen LogP contribution is 2.31. The third-order valence-corrected chi connectivity index (χ3v) is 4.96.